The van der Waals surface area contributed by atoms with Gasteiger partial charge in [0.05, 0.1) is 18.2 Å². The van der Waals surface area contributed by atoms with Gasteiger partial charge in [0, 0.05) is 36.2 Å². The fourth-order valence-corrected chi connectivity index (χ4v) is 3.69. The summed E-state index contributed by atoms with van der Waals surface area (Å²) in [5.41, 5.74) is 0.917. The highest BCUT2D eigenvalue weighted by Crippen LogP contribution is 2.21. The third-order valence-corrected chi connectivity index (χ3v) is 5.17. The van der Waals surface area contributed by atoms with E-state index in [4.69, 9.17) is 5.26 Å². The Morgan fingerprint density at radius 3 is 3.04 bits per heavy atom. The number of halogens is 1. The van der Waals surface area contributed by atoms with Crippen LogP contribution in [0, 0.1) is 17.1 Å². The summed E-state index contributed by atoms with van der Waals surface area (Å²) in [6, 6.07) is 6.43. The second-order valence-electron chi connectivity index (χ2n) is 5.44. The summed E-state index contributed by atoms with van der Waals surface area (Å²) in [7, 11) is 0. The van der Waals surface area contributed by atoms with Crippen LogP contribution in [0.5, 0.6) is 0 Å². The first kappa shape index (κ1) is 17.6. The van der Waals surface area contributed by atoms with E-state index in [0.29, 0.717) is 16.4 Å². The molecule has 2 rings (SSSR count). The van der Waals surface area contributed by atoms with E-state index >= 15 is 0 Å². The zero-order chi connectivity index (χ0) is 16.7. The Kier molecular flexibility index (Phi) is 6.72. The number of thioether (sulfide) groups is 1. The summed E-state index contributed by atoms with van der Waals surface area (Å²) < 4.78 is 13.9. The van der Waals surface area contributed by atoms with Gasteiger partial charge >= 0.3 is 0 Å². The molecule has 124 valence electrons. The number of nitriles is 1. The van der Waals surface area contributed by atoms with Crippen molar-refractivity contribution in [2.45, 2.75) is 32.1 Å². The van der Waals surface area contributed by atoms with E-state index in [1.54, 1.807) is 6.07 Å². The van der Waals surface area contributed by atoms with Gasteiger partial charge in [-0.15, -0.1) is 0 Å². The summed E-state index contributed by atoms with van der Waals surface area (Å²) in [5.74, 6) is 1.60. The maximum Gasteiger partial charge on any atom is 0.194 e. The zero-order valence-corrected chi connectivity index (χ0v) is 14.5. The van der Waals surface area contributed by atoms with E-state index in [1.807, 2.05) is 24.8 Å². The molecule has 1 heterocycles. The van der Waals surface area contributed by atoms with Crippen LogP contribution in [0.4, 0.5) is 4.39 Å². The summed E-state index contributed by atoms with van der Waals surface area (Å²) in [4.78, 5) is 6.84. The van der Waals surface area contributed by atoms with E-state index in [0.717, 1.165) is 37.8 Å². The molecule has 0 amide bonds. The molecule has 0 radical (unpaired) electrons. The maximum atomic E-state index is 13.9. The van der Waals surface area contributed by atoms with Gasteiger partial charge in [0.15, 0.2) is 5.96 Å². The van der Waals surface area contributed by atoms with E-state index < -0.39 is 0 Å². The molecule has 1 aromatic rings. The average Bonchev–Trinajstić information content (AvgIpc) is 2.59. The number of benzene rings is 1. The van der Waals surface area contributed by atoms with Crippen LogP contribution in [0.3, 0.4) is 0 Å². The first-order valence-electron chi connectivity index (χ1n) is 8.01. The molecule has 1 aliphatic rings. The molecule has 4 nitrogen and oxygen atoms in total. The van der Waals surface area contributed by atoms with Crippen LogP contribution in [0.25, 0.3) is 0 Å². The van der Waals surface area contributed by atoms with E-state index in [2.05, 4.69) is 22.1 Å². The van der Waals surface area contributed by atoms with Gasteiger partial charge in [0.2, 0.25) is 0 Å². The van der Waals surface area contributed by atoms with Gasteiger partial charge in [-0.05, 0) is 31.5 Å². The van der Waals surface area contributed by atoms with Gasteiger partial charge in [0.1, 0.15) is 5.82 Å². The predicted molar refractivity (Wildman–Crippen MR) is 94.0 cm³/mol. The Labute approximate surface area is 141 Å². The molecule has 0 aromatic heterocycles. The standard InChI is InChI=1S/C17H23FN4S/c1-3-15-12-22(7-8-23-15)17(20-4-2)21-11-14-9-13(10-19)5-6-16(14)18/h5-6,9,15H,3-4,7-8,11-12H2,1-2H3,(H,20,21). The fraction of sp³-hybridized carbons (Fsp3) is 0.529. The topological polar surface area (TPSA) is 51.4 Å². The summed E-state index contributed by atoms with van der Waals surface area (Å²) in [6.07, 6.45) is 1.14. The van der Waals surface area contributed by atoms with Crippen molar-refractivity contribution in [2.75, 3.05) is 25.4 Å². The van der Waals surface area contributed by atoms with Crippen LogP contribution in [-0.2, 0) is 6.54 Å². The molecule has 1 N–H and O–H groups in total. The van der Waals surface area contributed by atoms with Gasteiger partial charge in [-0.3, -0.25) is 0 Å². The van der Waals surface area contributed by atoms with Crippen molar-refractivity contribution in [1.29, 1.82) is 5.26 Å². The van der Waals surface area contributed by atoms with E-state index in [1.165, 1.54) is 12.1 Å². The smallest absolute Gasteiger partial charge is 0.194 e. The van der Waals surface area contributed by atoms with Crippen molar-refractivity contribution in [3.8, 4) is 6.07 Å². The largest absolute Gasteiger partial charge is 0.357 e. The van der Waals surface area contributed by atoms with Crippen molar-refractivity contribution in [1.82, 2.24) is 10.2 Å². The lowest BCUT2D eigenvalue weighted by Crippen LogP contribution is -2.48. The minimum Gasteiger partial charge on any atom is -0.357 e. The highest BCUT2D eigenvalue weighted by Gasteiger charge is 2.21. The molecule has 1 atom stereocenters. The van der Waals surface area contributed by atoms with E-state index in [9.17, 15) is 4.39 Å². The zero-order valence-electron chi connectivity index (χ0n) is 13.7. The third kappa shape index (κ3) is 4.87. The second kappa shape index (κ2) is 8.78. The molecule has 0 spiro atoms. The summed E-state index contributed by atoms with van der Waals surface area (Å²) in [6.45, 7) is 7.17. The minimum atomic E-state index is -0.316. The van der Waals surface area contributed by atoms with Crippen molar-refractivity contribution in [3.63, 3.8) is 0 Å². The van der Waals surface area contributed by atoms with Gasteiger partial charge in [-0.1, -0.05) is 6.92 Å². The number of guanidine groups is 1. The molecule has 1 fully saturated rings. The van der Waals surface area contributed by atoms with Crippen molar-refractivity contribution in [2.24, 2.45) is 4.99 Å². The van der Waals surface area contributed by atoms with Crippen LogP contribution in [0.15, 0.2) is 23.2 Å². The molecule has 6 heteroatoms. The lowest BCUT2D eigenvalue weighted by atomic mass is 10.1. The Morgan fingerprint density at radius 2 is 2.35 bits per heavy atom. The van der Waals surface area contributed by atoms with Crippen LogP contribution in [0.2, 0.25) is 0 Å². The van der Waals surface area contributed by atoms with Crippen LogP contribution < -0.4 is 5.32 Å². The lowest BCUT2D eigenvalue weighted by molar-refractivity contribution is 0.408. The molecule has 0 saturated carbocycles. The quantitative estimate of drug-likeness (QED) is 0.679. The molecule has 1 saturated heterocycles. The molecular weight excluding hydrogens is 311 g/mol. The number of hydrogen-bond donors (Lipinski definition) is 1. The number of hydrogen-bond acceptors (Lipinski definition) is 3. The first-order valence-corrected chi connectivity index (χ1v) is 9.06. The highest BCUT2D eigenvalue weighted by molar-refractivity contribution is 8.00. The molecule has 0 bridgehead atoms. The normalized spacial score (nSPS) is 18.6. The molecule has 1 aliphatic heterocycles. The van der Waals surface area contributed by atoms with Gasteiger partial charge in [-0.2, -0.15) is 17.0 Å². The molecule has 23 heavy (non-hydrogen) atoms. The van der Waals surface area contributed by atoms with Gasteiger partial charge in [-0.25, -0.2) is 9.38 Å². The number of nitrogens with one attached hydrogen (secondary N) is 1. The Hall–Kier alpha value is -1.74. The molecular formula is C17H23FN4S. The van der Waals surface area contributed by atoms with Crippen LogP contribution in [-0.4, -0.2) is 41.5 Å². The van der Waals surface area contributed by atoms with Crippen LogP contribution in [0.1, 0.15) is 31.4 Å². The van der Waals surface area contributed by atoms with Gasteiger partial charge in [0.25, 0.3) is 0 Å². The summed E-state index contributed by atoms with van der Waals surface area (Å²) >= 11 is 2.00. The lowest BCUT2D eigenvalue weighted by Gasteiger charge is -2.34. The van der Waals surface area contributed by atoms with Crippen molar-refractivity contribution in [3.05, 3.63) is 35.1 Å². The molecule has 1 unspecified atom stereocenters. The Morgan fingerprint density at radius 1 is 1.52 bits per heavy atom. The highest BCUT2D eigenvalue weighted by atomic mass is 32.2. The first-order chi connectivity index (χ1) is 11.2. The average molecular weight is 334 g/mol. The number of nitrogens with zero attached hydrogens (tertiary/aromatic N) is 3. The van der Waals surface area contributed by atoms with Gasteiger partial charge < -0.3 is 10.2 Å². The van der Waals surface area contributed by atoms with E-state index in [-0.39, 0.29) is 12.4 Å². The number of aliphatic imine (C=N–C) groups is 1. The SMILES string of the molecule is CCNC(=NCc1cc(C#N)ccc1F)N1CCSC(CC)C1. The molecule has 0 aliphatic carbocycles. The van der Waals surface area contributed by atoms with Crippen molar-refractivity contribution >= 4 is 17.7 Å². The Bertz CT molecular complexity index is 597. The number of rotatable bonds is 4. The third-order valence-electron chi connectivity index (χ3n) is 3.80. The monoisotopic (exact) mass is 334 g/mol. The second-order valence-corrected chi connectivity index (χ2v) is 6.84. The Balaban J connectivity index is 2.14. The molecule has 1 aromatic carbocycles. The maximum absolute atomic E-state index is 13.9. The predicted octanol–water partition coefficient (Wildman–Crippen LogP) is 2.99. The van der Waals surface area contributed by atoms with Crippen molar-refractivity contribution < 1.29 is 4.39 Å². The fourth-order valence-electron chi connectivity index (χ4n) is 2.51. The van der Waals surface area contributed by atoms with Crippen LogP contribution >= 0.6 is 11.8 Å². The summed E-state index contributed by atoms with van der Waals surface area (Å²) in [5, 5.41) is 12.9. The minimum absolute atomic E-state index is 0.240.